The summed E-state index contributed by atoms with van der Waals surface area (Å²) in [6.45, 7) is 0.428. The lowest BCUT2D eigenvalue weighted by Crippen LogP contribution is -1.99. The molecule has 2 aliphatic rings. The van der Waals surface area contributed by atoms with E-state index in [4.69, 9.17) is 14.9 Å². The monoisotopic (exact) mass is 318 g/mol. The molecule has 0 amide bonds. The van der Waals surface area contributed by atoms with Gasteiger partial charge in [-0.2, -0.15) is 0 Å². The molecule has 0 fully saturated rings. The summed E-state index contributed by atoms with van der Waals surface area (Å²) in [7, 11) is 0. The summed E-state index contributed by atoms with van der Waals surface area (Å²) in [5.41, 5.74) is 9.24. The van der Waals surface area contributed by atoms with Crippen molar-refractivity contribution < 1.29 is 9.15 Å². The van der Waals surface area contributed by atoms with E-state index in [1.807, 2.05) is 36.4 Å². The Hall–Kier alpha value is -3.34. The van der Waals surface area contributed by atoms with Crippen LogP contribution in [0.5, 0.6) is 5.75 Å². The van der Waals surface area contributed by atoms with Crippen LogP contribution >= 0.6 is 0 Å². The second-order valence-corrected chi connectivity index (χ2v) is 5.50. The van der Waals surface area contributed by atoms with E-state index in [1.165, 1.54) is 12.1 Å². The topological polar surface area (TPSA) is 78.4 Å². The Bertz CT molecular complexity index is 1040. The number of hydrogen-bond acceptors (Lipinski definition) is 5. The number of nitrogens with zero attached hydrogens (tertiary/aromatic N) is 1. The second kappa shape index (κ2) is 5.70. The second-order valence-electron chi connectivity index (χ2n) is 5.50. The van der Waals surface area contributed by atoms with Gasteiger partial charge in [-0.15, -0.1) is 0 Å². The molecule has 0 atom stereocenters. The minimum Gasteiger partial charge on any atom is -0.489 e. The predicted molar refractivity (Wildman–Crippen MR) is 92.1 cm³/mol. The molecule has 2 aromatic carbocycles. The molecule has 5 heteroatoms. The van der Waals surface area contributed by atoms with E-state index in [0.29, 0.717) is 34.9 Å². The van der Waals surface area contributed by atoms with Crippen molar-refractivity contribution in [3.63, 3.8) is 0 Å². The molecule has 1 aliphatic carbocycles. The van der Waals surface area contributed by atoms with Crippen LogP contribution in [0, 0.1) is 0 Å². The summed E-state index contributed by atoms with van der Waals surface area (Å²) < 4.78 is 11.6. The van der Waals surface area contributed by atoms with Gasteiger partial charge >= 0.3 is 0 Å². The molecule has 24 heavy (non-hydrogen) atoms. The van der Waals surface area contributed by atoms with Gasteiger partial charge in [0.05, 0.1) is 0 Å². The Balaban J connectivity index is 1.64. The highest BCUT2D eigenvalue weighted by atomic mass is 16.5. The van der Waals surface area contributed by atoms with E-state index < -0.39 is 0 Å². The first-order valence-corrected chi connectivity index (χ1v) is 7.49. The number of nitrogen functional groups attached to an aromatic ring is 1. The number of anilines is 1. The van der Waals surface area contributed by atoms with Crippen LogP contribution in [0.15, 0.2) is 69.9 Å². The summed E-state index contributed by atoms with van der Waals surface area (Å²) in [5.74, 6) is 1.13. The molecular formula is C19H14N2O3. The zero-order valence-electron chi connectivity index (χ0n) is 12.7. The zero-order chi connectivity index (χ0) is 16.5. The highest BCUT2D eigenvalue weighted by Gasteiger charge is 2.10. The van der Waals surface area contributed by atoms with Crippen LogP contribution in [0.2, 0.25) is 0 Å². The predicted octanol–water partition coefficient (Wildman–Crippen LogP) is 3.45. The molecule has 0 aromatic heterocycles. The van der Waals surface area contributed by atoms with Gasteiger partial charge in [-0.3, -0.25) is 4.79 Å². The van der Waals surface area contributed by atoms with Crippen molar-refractivity contribution in [2.45, 2.75) is 6.61 Å². The molecule has 1 aliphatic heterocycles. The summed E-state index contributed by atoms with van der Waals surface area (Å²) in [6, 6.07) is 17.5. The molecule has 2 aromatic rings. The van der Waals surface area contributed by atoms with Crippen LogP contribution in [-0.2, 0) is 6.61 Å². The fourth-order valence-corrected chi connectivity index (χ4v) is 2.46. The quantitative estimate of drug-likeness (QED) is 0.462. The average molecular weight is 318 g/mol. The summed E-state index contributed by atoms with van der Waals surface area (Å²) in [4.78, 5) is 15.9. The molecule has 1 heterocycles. The Morgan fingerprint density at radius 1 is 1.00 bits per heavy atom. The van der Waals surface area contributed by atoms with E-state index in [2.05, 4.69) is 4.98 Å². The van der Waals surface area contributed by atoms with Gasteiger partial charge in [0.2, 0.25) is 0 Å². The Morgan fingerprint density at radius 2 is 1.83 bits per heavy atom. The van der Waals surface area contributed by atoms with Crippen LogP contribution in [0.4, 0.5) is 5.69 Å². The SMILES string of the molecule is Nc1ccc(COc2ccc3nc4ccc(=O)cc-4oc3c2)cc1. The zero-order valence-corrected chi connectivity index (χ0v) is 12.7. The first kappa shape index (κ1) is 14.3. The maximum absolute atomic E-state index is 11.4. The molecule has 4 rings (SSSR count). The molecule has 0 saturated heterocycles. The lowest BCUT2D eigenvalue weighted by Gasteiger charge is -2.09. The molecule has 0 unspecified atom stereocenters. The smallest absolute Gasteiger partial charge is 0.182 e. The Kier molecular flexibility index (Phi) is 3.39. The number of hydrogen-bond donors (Lipinski definition) is 1. The van der Waals surface area contributed by atoms with Crippen molar-refractivity contribution >= 4 is 16.8 Å². The molecular weight excluding hydrogens is 304 g/mol. The summed E-state index contributed by atoms with van der Waals surface area (Å²) in [5, 5.41) is 0. The van der Waals surface area contributed by atoms with Crippen LogP contribution in [0.25, 0.3) is 22.6 Å². The van der Waals surface area contributed by atoms with Gasteiger partial charge in [0.1, 0.15) is 23.6 Å². The van der Waals surface area contributed by atoms with Gasteiger partial charge < -0.3 is 14.9 Å². The van der Waals surface area contributed by atoms with Crippen molar-refractivity contribution in [1.29, 1.82) is 0 Å². The van der Waals surface area contributed by atoms with Gasteiger partial charge in [-0.25, -0.2) is 4.98 Å². The van der Waals surface area contributed by atoms with Gasteiger partial charge in [0.25, 0.3) is 0 Å². The summed E-state index contributed by atoms with van der Waals surface area (Å²) in [6.07, 6.45) is 0. The third kappa shape index (κ3) is 2.79. The van der Waals surface area contributed by atoms with Crippen molar-refractivity contribution in [3.05, 3.63) is 76.5 Å². The first-order chi connectivity index (χ1) is 11.7. The van der Waals surface area contributed by atoms with Crippen LogP contribution in [0.3, 0.4) is 0 Å². The van der Waals surface area contributed by atoms with Crippen molar-refractivity contribution in [2.24, 2.45) is 0 Å². The number of benzene rings is 3. The van der Waals surface area contributed by atoms with Crippen molar-refractivity contribution in [1.82, 2.24) is 4.98 Å². The van der Waals surface area contributed by atoms with Gasteiger partial charge in [-0.05, 0) is 42.0 Å². The number of fused-ring (bicyclic) bond motifs is 2. The number of nitrogens with two attached hydrogens (primary N) is 1. The Labute approximate surface area is 137 Å². The van der Waals surface area contributed by atoms with Gasteiger partial charge in [-0.1, -0.05) is 12.1 Å². The first-order valence-electron chi connectivity index (χ1n) is 7.49. The van der Waals surface area contributed by atoms with Crippen molar-refractivity contribution in [3.8, 4) is 17.2 Å². The molecule has 0 spiro atoms. The van der Waals surface area contributed by atoms with E-state index >= 15 is 0 Å². The van der Waals surface area contributed by atoms with E-state index in [1.54, 1.807) is 12.1 Å². The minimum absolute atomic E-state index is 0.108. The maximum atomic E-state index is 11.4. The fraction of sp³-hybridized carbons (Fsp3) is 0.0526. The van der Waals surface area contributed by atoms with E-state index in [9.17, 15) is 4.79 Å². The molecule has 0 radical (unpaired) electrons. The van der Waals surface area contributed by atoms with Crippen LogP contribution < -0.4 is 15.9 Å². The Morgan fingerprint density at radius 3 is 2.67 bits per heavy atom. The molecule has 118 valence electrons. The molecule has 5 nitrogen and oxygen atoms in total. The maximum Gasteiger partial charge on any atom is 0.182 e. The highest BCUT2D eigenvalue weighted by molar-refractivity contribution is 5.77. The van der Waals surface area contributed by atoms with Crippen LogP contribution in [0.1, 0.15) is 5.56 Å². The molecule has 0 bridgehead atoms. The normalized spacial score (nSPS) is 11.0. The van der Waals surface area contributed by atoms with E-state index in [-0.39, 0.29) is 5.43 Å². The average Bonchev–Trinajstić information content (AvgIpc) is 2.59. The molecule has 0 saturated carbocycles. The lowest BCUT2D eigenvalue weighted by atomic mass is 10.2. The van der Waals surface area contributed by atoms with Gasteiger partial charge in [0, 0.05) is 17.8 Å². The fourth-order valence-electron chi connectivity index (χ4n) is 2.46. The number of rotatable bonds is 3. The minimum atomic E-state index is -0.108. The third-order valence-electron chi connectivity index (χ3n) is 3.71. The summed E-state index contributed by atoms with van der Waals surface area (Å²) >= 11 is 0. The van der Waals surface area contributed by atoms with E-state index in [0.717, 1.165) is 11.3 Å². The van der Waals surface area contributed by atoms with Crippen LogP contribution in [-0.4, -0.2) is 4.98 Å². The van der Waals surface area contributed by atoms with Crippen molar-refractivity contribution in [2.75, 3.05) is 5.73 Å². The number of aromatic nitrogens is 1. The largest absolute Gasteiger partial charge is 0.489 e. The molecule has 2 N–H and O–H groups in total. The highest BCUT2D eigenvalue weighted by Crippen LogP contribution is 2.26. The standard InChI is InChI=1S/C19H14N2O3/c20-13-3-1-12(2-4-13)11-23-15-6-8-17-19(10-15)24-18-9-14(22)5-7-16(18)21-17/h1-10H,11,20H2. The van der Waals surface area contributed by atoms with Gasteiger partial charge in [0.15, 0.2) is 16.8 Å². The third-order valence-corrected chi connectivity index (χ3v) is 3.71. The lowest BCUT2D eigenvalue weighted by molar-refractivity contribution is 0.306. The number of ether oxygens (including phenoxy) is 1.